The molecule has 2 heteroatoms. The summed E-state index contributed by atoms with van der Waals surface area (Å²) in [5.74, 6) is 0. The van der Waals surface area contributed by atoms with Gasteiger partial charge in [-0.25, -0.2) is 0 Å². The lowest BCUT2D eigenvalue weighted by molar-refractivity contribution is 0.548. The van der Waals surface area contributed by atoms with E-state index in [4.69, 9.17) is 0 Å². The Morgan fingerprint density at radius 3 is 2.62 bits per heavy atom. The van der Waals surface area contributed by atoms with Crippen molar-refractivity contribution in [3.05, 3.63) is 58.3 Å². The number of hydrogen-bond acceptors (Lipinski definition) is 2. The SMILES string of the molecule is C[C@H](Cc1cccs1)NCc1ccccc1. The number of rotatable bonds is 5. The predicted molar refractivity (Wildman–Crippen MR) is 70.8 cm³/mol. The summed E-state index contributed by atoms with van der Waals surface area (Å²) < 4.78 is 0. The Balaban J connectivity index is 1.78. The van der Waals surface area contributed by atoms with Gasteiger partial charge in [0.05, 0.1) is 0 Å². The van der Waals surface area contributed by atoms with Gasteiger partial charge < -0.3 is 5.32 Å². The van der Waals surface area contributed by atoms with E-state index in [9.17, 15) is 0 Å². The molecular weight excluding hydrogens is 214 g/mol. The normalized spacial score (nSPS) is 12.6. The second kappa shape index (κ2) is 5.83. The van der Waals surface area contributed by atoms with Gasteiger partial charge in [0.25, 0.3) is 0 Å². The lowest BCUT2D eigenvalue weighted by Crippen LogP contribution is -2.27. The summed E-state index contributed by atoms with van der Waals surface area (Å²) in [6.45, 7) is 3.19. The van der Waals surface area contributed by atoms with E-state index in [2.05, 4.69) is 60.1 Å². The van der Waals surface area contributed by atoms with E-state index >= 15 is 0 Å². The van der Waals surface area contributed by atoms with Gasteiger partial charge in [0.2, 0.25) is 0 Å². The summed E-state index contributed by atoms with van der Waals surface area (Å²) in [5, 5.41) is 5.68. The van der Waals surface area contributed by atoms with Crippen molar-refractivity contribution in [1.82, 2.24) is 5.32 Å². The molecule has 1 aromatic carbocycles. The molecule has 0 spiro atoms. The van der Waals surface area contributed by atoms with Crippen molar-refractivity contribution in [2.45, 2.75) is 25.9 Å². The largest absolute Gasteiger partial charge is 0.310 e. The van der Waals surface area contributed by atoms with E-state index < -0.39 is 0 Å². The minimum absolute atomic E-state index is 0.527. The minimum atomic E-state index is 0.527. The zero-order chi connectivity index (χ0) is 11.2. The third-order valence-corrected chi connectivity index (χ3v) is 3.48. The number of nitrogens with one attached hydrogen (secondary N) is 1. The molecule has 1 nitrogen and oxygen atoms in total. The molecule has 84 valence electrons. The minimum Gasteiger partial charge on any atom is -0.310 e. The highest BCUT2D eigenvalue weighted by atomic mass is 32.1. The van der Waals surface area contributed by atoms with Gasteiger partial charge in [-0.05, 0) is 30.4 Å². The fourth-order valence-electron chi connectivity index (χ4n) is 1.69. The van der Waals surface area contributed by atoms with Gasteiger partial charge in [0, 0.05) is 17.5 Å². The highest BCUT2D eigenvalue weighted by Gasteiger charge is 2.03. The topological polar surface area (TPSA) is 12.0 Å². The van der Waals surface area contributed by atoms with Gasteiger partial charge in [0.1, 0.15) is 0 Å². The maximum absolute atomic E-state index is 3.54. The zero-order valence-corrected chi connectivity index (χ0v) is 10.3. The van der Waals surface area contributed by atoms with Crippen LogP contribution >= 0.6 is 11.3 Å². The Kier molecular flexibility index (Phi) is 4.14. The van der Waals surface area contributed by atoms with E-state index in [-0.39, 0.29) is 0 Å². The lowest BCUT2D eigenvalue weighted by Gasteiger charge is -2.12. The predicted octanol–water partition coefficient (Wildman–Crippen LogP) is 3.47. The Morgan fingerprint density at radius 2 is 1.94 bits per heavy atom. The Morgan fingerprint density at radius 1 is 1.12 bits per heavy atom. The van der Waals surface area contributed by atoms with E-state index in [0.717, 1.165) is 13.0 Å². The monoisotopic (exact) mass is 231 g/mol. The summed E-state index contributed by atoms with van der Waals surface area (Å²) in [6, 6.07) is 15.4. The highest BCUT2D eigenvalue weighted by Crippen LogP contribution is 2.11. The Hall–Kier alpha value is -1.12. The molecule has 0 aliphatic rings. The average Bonchev–Trinajstić information content (AvgIpc) is 2.81. The van der Waals surface area contributed by atoms with Crippen molar-refractivity contribution in [3.63, 3.8) is 0 Å². The van der Waals surface area contributed by atoms with E-state index in [0.29, 0.717) is 6.04 Å². The first-order valence-corrected chi connectivity index (χ1v) is 6.52. The van der Waals surface area contributed by atoms with Gasteiger partial charge >= 0.3 is 0 Å². The summed E-state index contributed by atoms with van der Waals surface area (Å²) >= 11 is 1.83. The fourth-order valence-corrected chi connectivity index (χ4v) is 2.53. The molecule has 16 heavy (non-hydrogen) atoms. The van der Waals surface area contributed by atoms with Gasteiger partial charge in [-0.3, -0.25) is 0 Å². The van der Waals surface area contributed by atoms with Crippen LogP contribution in [0.25, 0.3) is 0 Å². The molecule has 0 amide bonds. The second-order valence-corrected chi connectivity index (χ2v) is 5.08. The molecule has 1 heterocycles. The summed E-state index contributed by atoms with van der Waals surface area (Å²) in [6.07, 6.45) is 1.12. The maximum atomic E-state index is 3.54. The number of thiophene rings is 1. The fraction of sp³-hybridized carbons (Fsp3) is 0.286. The van der Waals surface area contributed by atoms with Gasteiger partial charge in [-0.15, -0.1) is 11.3 Å². The summed E-state index contributed by atoms with van der Waals surface area (Å²) in [4.78, 5) is 1.45. The van der Waals surface area contributed by atoms with E-state index in [1.165, 1.54) is 10.4 Å². The first kappa shape index (κ1) is 11.4. The van der Waals surface area contributed by atoms with Crippen molar-refractivity contribution < 1.29 is 0 Å². The Bertz CT molecular complexity index is 394. The Labute approximate surface area is 101 Å². The molecule has 0 aliphatic heterocycles. The van der Waals surface area contributed by atoms with Gasteiger partial charge in [-0.1, -0.05) is 36.4 Å². The van der Waals surface area contributed by atoms with Crippen LogP contribution in [0.15, 0.2) is 47.8 Å². The first-order valence-electron chi connectivity index (χ1n) is 5.64. The van der Waals surface area contributed by atoms with Crippen LogP contribution in [0.3, 0.4) is 0 Å². The molecule has 0 bridgehead atoms. The van der Waals surface area contributed by atoms with Crippen LogP contribution in [0.4, 0.5) is 0 Å². The molecule has 2 aromatic rings. The molecule has 0 saturated heterocycles. The van der Waals surface area contributed by atoms with Crippen LogP contribution < -0.4 is 5.32 Å². The maximum Gasteiger partial charge on any atom is 0.0208 e. The number of hydrogen-bond donors (Lipinski definition) is 1. The first-order chi connectivity index (χ1) is 7.84. The van der Waals surface area contributed by atoms with E-state index in [1.807, 2.05) is 11.3 Å². The zero-order valence-electron chi connectivity index (χ0n) is 9.52. The molecule has 0 saturated carbocycles. The second-order valence-electron chi connectivity index (χ2n) is 4.05. The molecule has 1 atom stereocenters. The van der Waals surface area contributed by atoms with Crippen LogP contribution in [0, 0.1) is 0 Å². The van der Waals surface area contributed by atoms with Crippen LogP contribution in [0.2, 0.25) is 0 Å². The van der Waals surface area contributed by atoms with Crippen molar-refractivity contribution in [1.29, 1.82) is 0 Å². The summed E-state index contributed by atoms with van der Waals surface area (Å²) in [5.41, 5.74) is 1.35. The van der Waals surface area contributed by atoms with Gasteiger partial charge in [-0.2, -0.15) is 0 Å². The molecule has 1 N–H and O–H groups in total. The number of benzene rings is 1. The van der Waals surface area contributed by atoms with Crippen molar-refractivity contribution in [2.75, 3.05) is 0 Å². The van der Waals surface area contributed by atoms with Crippen molar-refractivity contribution in [2.24, 2.45) is 0 Å². The standard InChI is InChI=1S/C14H17NS/c1-12(10-14-8-5-9-16-14)15-11-13-6-3-2-4-7-13/h2-9,12,15H,10-11H2,1H3/t12-/m1/s1. The molecule has 0 radical (unpaired) electrons. The molecule has 0 aliphatic carbocycles. The quantitative estimate of drug-likeness (QED) is 0.831. The molecule has 0 unspecified atom stereocenters. The van der Waals surface area contributed by atoms with Crippen LogP contribution in [-0.2, 0) is 13.0 Å². The molecule has 0 fully saturated rings. The molecule has 2 rings (SSSR count). The highest BCUT2D eigenvalue weighted by molar-refractivity contribution is 7.09. The van der Waals surface area contributed by atoms with Crippen LogP contribution in [0.1, 0.15) is 17.4 Å². The van der Waals surface area contributed by atoms with Crippen molar-refractivity contribution >= 4 is 11.3 Å². The molecular formula is C14H17NS. The van der Waals surface area contributed by atoms with Crippen molar-refractivity contribution in [3.8, 4) is 0 Å². The molecule has 1 aromatic heterocycles. The smallest absolute Gasteiger partial charge is 0.0208 e. The third kappa shape index (κ3) is 3.47. The van der Waals surface area contributed by atoms with Gasteiger partial charge in [0.15, 0.2) is 0 Å². The van der Waals surface area contributed by atoms with E-state index in [1.54, 1.807) is 0 Å². The third-order valence-electron chi connectivity index (χ3n) is 2.58. The van der Waals surface area contributed by atoms with Crippen LogP contribution in [0.5, 0.6) is 0 Å². The van der Waals surface area contributed by atoms with Crippen LogP contribution in [-0.4, -0.2) is 6.04 Å². The average molecular weight is 231 g/mol. The summed E-state index contributed by atoms with van der Waals surface area (Å²) in [7, 11) is 0. The lowest BCUT2D eigenvalue weighted by atomic mass is 10.2.